The van der Waals surface area contributed by atoms with E-state index in [1.807, 2.05) is 0 Å². The van der Waals surface area contributed by atoms with Crippen LogP contribution < -0.4 is 0 Å². The number of benzene rings is 1. The van der Waals surface area contributed by atoms with E-state index in [-0.39, 0.29) is 0 Å². The molecule has 0 spiro atoms. The average Bonchev–Trinajstić information content (AvgIpc) is 2.91. The molecule has 0 aliphatic rings. The third-order valence-corrected chi connectivity index (χ3v) is 9.97. The first-order valence-electron chi connectivity index (χ1n) is 16.7. The van der Waals surface area contributed by atoms with Gasteiger partial charge in [0.1, 0.15) is 0 Å². The predicted octanol–water partition coefficient (Wildman–Crippen LogP) is 13.4. The highest BCUT2D eigenvalue weighted by Crippen LogP contribution is 2.33. The zero-order valence-electron chi connectivity index (χ0n) is 25.4. The lowest BCUT2D eigenvalue weighted by molar-refractivity contribution is 0.555. The quantitative estimate of drug-likeness (QED) is 0.0754. The molecular weight excluding hydrogens is 485 g/mol. The second-order valence-corrected chi connectivity index (χ2v) is 13.5. The smallest absolute Gasteiger partial charge is 0.0115 e. The first-order valence-corrected chi connectivity index (χ1v) is 18.7. The molecule has 216 valence electrons. The molecule has 0 bridgehead atoms. The van der Waals surface area contributed by atoms with E-state index in [2.05, 4.69) is 62.5 Å². The molecule has 0 saturated carbocycles. The van der Waals surface area contributed by atoms with Crippen molar-refractivity contribution in [3.05, 3.63) is 23.8 Å². The Labute approximate surface area is 242 Å². The highest BCUT2D eigenvalue weighted by molar-refractivity contribution is 8.00. The molecule has 0 atom stereocenters. The highest BCUT2D eigenvalue weighted by Gasteiger charge is 2.09. The maximum atomic E-state index is 2.39. The van der Waals surface area contributed by atoms with Gasteiger partial charge < -0.3 is 0 Å². The van der Waals surface area contributed by atoms with Crippen LogP contribution in [0, 0.1) is 0 Å². The minimum atomic E-state index is 1.24. The summed E-state index contributed by atoms with van der Waals surface area (Å²) in [5.74, 6) is 2.58. The van der Waals surface area contributed by atoms with Crippen molar-refractivity contribution in [3.8, 4) is 0 Å². The van der Waals surface area contributed by atoms with Crippen LogP contribution in [0.5, 0.6) is 0 Å². The molecule has 1 aromatic rings. The van der Waals surface area contributed by atoms with Crippen LogP contribution in [0.3, 0.4) is 0 Å². The molecule has 37 heavy (non-hydrogen) atoms. The van der Waals surface area contributed by atoms with Crippen molar-refractivity contribution < 1.29 is 0 Å². The van der Waals surface area contributed by atoms with Crippen LogP contribution in [-0.2, 0) is 6.42 Å². The van der Waals surface area contributed by atoms with Crippen LogP contribution >= 0.6 is 23.5 Å². The van der Waals surface area contributed by atoms with Crippen LogP contribution in [0.15, 0.2) is 28.0 Å². The van der Waals surface area contributed by atoms with Crippen molar-refractivity contribution in [2.24, 2.45) is 0 Å². The van der Waals surface area contributed by atoms with Crippen molar-refractivity contribution in [3.63, 3.8) is 0 Å². The summed E-state index contributed by atoms with van der Waals surface area (Å²) in [6.45, 7) is 6.95. The fraction of sp³-hybridized carbons (Fsp3) is 0.829. The Morgan fingerprint density at radius 3 is 1.05 bits per heavy atom. The second kappa shape index (κ2) is 27.5. The first-order chi connectivity index (χ1) is 18.3. The Balaban J connectivity index is 2.14. The Hall–Kier alpha value is -0.0800. The third kappa shape index (κ3) is 20.5. The number of thioether (sulfide) groups is 2. The van der Waals surface area contributed by atoms with Gasteiger partial charge >= 0.3 is 0 Å². The zero-order valence-corrected chi connectivity index (χ0v) is 27.1. The van der Waals surface area contributed by atoms with Crippen molar-refractivity contribution in [1.29, 1.82) is 0 Å². The number of hydrogen-bond acceptors (Lipinski definition) is 2. The molecule has 0 fully saturated rings. The second-order valence-electron chi connectivity index (χ2n) is 11.3. The van der Waals surface area contributed by atoms with Gasteiger partial charge in [0, 0.05) is 9.79 Å². The monoisotopic (exact) mass is 548 g/mol. The van der Waals surface area contributed by atoms with Gasteiger partial charge in [-0.15, -0.1) is 23.5 Å². The van der Waals surface area contributed by atoms with Crippen molar-refractivity contribution in [1.82, 2.24) is 0 Å². The van der Waals surface area contributed by atoms with Gasteiger partial charge in [0.15, 0.2) is 0 Å². The first kappa shape index (κ1) is 34.9. The summed E-state index contributed by atoms with van der Waals surface area (Å²) in [5, 5.41) is 0. The van der Waals surface area contributed by atoms with Gasteiger partial charge in [-0.2, -0.15) is 0 Å². The topological polar surface area (TPSA) is 0 Å². The van der Waals surface area contributed by atoms with Crippen LogP contribution in [0.4, 0.5) is 0 Å². The van der Waals surface area contributed by atoms with Crippen LogP contribution in [0.2, 0.25) is 0 Å². The molecule has 1 aromatic carbocycles. The standard InChI is InChI=1S/C35H64S2/c1-4-7-9-11-13-15-17-19-21-23-25-31-36-34-29-27-30-35(33(34)28-6-3)37-32-26-24-22-20-18-16-14-12-10-8-5-2/h27,29-30H,4-26,28,31-32H2,1-3H3. The fourth-order valence-corrected chi connectivity index (χ4v) is 7.53. The van der Waals surface area contributed by atoms with Gasteiger partial charge in [0.05, 0.1) is 0 Å². The molecular formula is C35H64S2. The molecule has 0 radical (unpaired) electrons. The predicted molar refractivity (Wildman–Crippen MR) is 175 cm³/mol. The Morgan fingerprint density at radius 1 is 0.405 bits per heavy atom. The van der Waals surface area contributed by atoms with Gasteiger partial charge in [-0.05, 0) is 48.5 Å². The molecule has 2 heteroatoms. The molecule has 0 amide bonds. The Morgan fingerprint density at radius 2 is 0.730 bits per heavy atom. The molecule has 0 unspecified atom stereocenters. The highest BCUT2D eigenvalue weighted by atomic mass is 32.2. The summed E-state index contributed by atoms with van der Waals surface area (Å²) >= 11 is 4.26. The SMILES string of the molecule is CCCCCCCCCCCCCSc1cccc(SCCCCCCCCCCCCC)c1CCC. The van der Waals surface area contributed by atoms with E-state index in [1.165, 1.54) is 166 Å². The summed E-state index contributed by atoms with van der Waals surface area (Å²) < 4.78 is 0. The molecule has 0 N–H and O–H groups in total. The summed E-state index contributed by atoms with van der Waals surface area (Å²) in [5.41, 5.74) is 1.64. The van der Waals surface area contributed by atoms with E-state index in [0.29, 0.717) is 0 Å². The lowest BCUT2D eigenvalue weighted by Crippen LogP contribution is -1.94. The summed E-state index contributed by atoms with van der Waals surface area (Å²) in [7, 11) is 0. The van der Waals surface area contributed by atoms with E-state index in [9.17, 15) is 0 Å². The number of unbranched alkanes of at least 4 members (excludes halogenated alkanes) is 20. The number of rotatable bonds is 28. The van der Waals surface area contributed by atoms with E-state index in [4.69, 9.17) is 0 Å². The van der Waals surface area contributed by atoms with Gasteiger partial charge in [0.25, 0.3) is 0 Å². The van der Waals surface area contributed by atoms with Gasteiger partial charge in [0.2, 0.25) is 0 Å². The van der Waals surface area contributed by atoms with Crippen molar-refractivity contribution in [2.75, 3.05) is 11.5 Å². The van der Waals surface area contributed by atoms with E-state index in [1.54, 1.807) is 15.4 Å². The summed E-state index contributed by atoms with van der Waals surface area (Å²) in [6, 6.07) is 7.09. The molecule has 1 rings (SSSR count). The molecule has 0 nitrogen and oxygen atoms in total. The summed E-state index contributed by atoms with van der Waals surface area (Å²) in [6.07, 6.45) is 34.0. The molecule has 0 saturated heterocycles. The van der Waals surface area contributed by atoms with Crippen molar-refractivity contribution >= 4 is 23.5 Å². The minimum absolute atomic E-state index is 1.24. The number of hydrogen-bond donors (Lipinski definition) is 0. The molecule has 0 aromatic heterocycles. The van der Waals surface area contributed by atoms with Gasteiger partial charge in [-0.3, -0.25) is 0 Å². The fourth-order valence-electron chi connectivity index (χ4n) is 5.21. The molecule has 0 aliphatic carbocycles. The van der Waals surface area contributed by atoms with E-state index < -0.39 is 0 Å². The Bertz CT molecular complexity index is 551. The average molecular weight is 549 g/mol. The van der Waals surface area contributed by atoms with Crippen LogP contribution in [0.25, 0.3) is 0 Å². The van der Waals surface area contributed by atoms with E-state index in [0.717, 1.165) is 0 Å². The largest absolute Gasteiger partial charge is 0.126 e. The maximum Gasteiger partial charge on any atom is 0.0115 e. The van der Waals surface area contributed by atoms with Crippen LogP contribution in [0.1, 0.15) is 174 Å². The third-order valence-electron chi connectivity index (χ3n) is 7.60. The summed E-state index contributed by atoms with van der Waals surface area (Å²) in [4.78, 5) is 3.13. The van der Waals surface area contributed by atoms with Crippen LogP contribution in [-0.4, -0.2) is 11.5 Å². The van der Waals surface area contributed by atoms with Gasteiger partial charge in [-0.25, -0.2) is 0 Å². The van der Waals surface area contributed by atoms with Crippen molar-refractivity contribution in [2.45, 2.75) is 185 Å². The minimum Gasteiger partial charge on any atom is -0.126 e. The normalized spacial score (nSPS) is 11.4. The van der Waals surface area contributed by atoms with Gasteiger partial charge in [-0.1, -0.05) is 162 Å². The maximum absolute atomic E-state index is 2.39. The molecule has 0 aliphatic heterocycles. The molecule has 0 heterocycles. The lowest BCUT2D eigenvalue weighted by atomic mass is 10.1. The Kier molecular flexibility index (Phi) is 26.0. The van der Waals surface area contributed by atoms with E-state index >= 15 is 0 Å². The lowest BCUT2D eigenvalue weighted by Gasteiger charge is -2.14. The zero-order chi connectivity index (χ0) is 26.7.